The van der Waals surface area contributed by atoms with Crippen LogP contribution in [0.1, 0.15) is 39.6 Å². The maximum atomic E-state index is 13.1. The highest BCUT2D eigenvalue weighted by Crippen LogP contribution is 2.33. The standard InChI is InChI=1S/C19H15F3N6O2/c1-11-10-27(13-5-3-12(4-6-13)19(20,21)22)18(30)15-14(9-25-28(11)15)26-17(29)16-23-7-2-8-24-16/h2-9,11H,10H2,1H3,(H,26,29)/t11-/m0/s1. The Balaban J connectivity index is 1.63. The van der Waals surface area contributed by atoms with Gasteiger partial charge in [-0.05, 0) is 37.3 Å². The molecule has 11 heteroatoms. The summed E-state index contributed by atoms with van der Waals surface area (Å²) in [5.74, 6) is -1.18. The molecule has 3 heterocycles. The van der Waals surface area contributed by atoms with Crippen LogP contribution in [-0.4, -0.2) is 38.1 Å². The molecular formula is C19H15F3N6O2. The van der Waals surface area contributed by atoms with Gasteiger partial charge in [-0.15, -0.1) is 0 Å². The number of halogens is 3. The molecule has 4 rings (SSSR count). The fraction of sp³-hybridized carbons (Fsp3) is 0.211. The Hall–Kier alpha value is -3.76. The molecule has 1 aromatic carbocycles. The first-order chi connectivity index (χ1) is 14.3. The first-order valence-corrected chi connectivity index (χ1v) is 8.90. The van der Waals surface area contributed by atoms with Gasteiger partial charge >= 0.3 is 6.18 Å². The van der Waals surface area contributed by atoms with Crippen molar-refractivity contribution in [3.05, 3.63) is 66.0 Å². The Morgan fingerprint density at radius 3 is 2.47 bits per heavy atom. The van der Waals surface area contributed by atoms with Crippen molar-refractivity contribution < 1.29 is 22.8 Å². The van der Waals surface area contributed by atoms with Crippen molar-refractivity contribution in [1.82, 2.24) is 19.7 Å². The van der Waals surface area contributed by atoms with Gasteiger partial charge in [0.15, 0.2) is 5.69 Å². The van der Waals surface area contributed by atoms with E-state index in [0.29, 0.717) is 5.69 Å². The third-order valence-electron chi connectivity index (χ3n) is 4.63. The predicted molar refractivity (Wildman–Crippen MR) is 100 cm³/mol. The van der Waals surface area contributed by atoms with Crippen LogP contribution >= 0.6 is 0 Å². The lowest BCUT2D eigenvalue weighted by Crippen LogP contribution is -2.43. The average Bonchev–Trinajstić information content (AvgIpc) is 3.15. The van der Waals surface area contributed by atoms with Gasteiger partial charge in [0.25, 0.3) is 11.8 Å². The van der Waals surface area contributed by atoms with E-state index in [2.05, 4.69) is 20.4 Å². The minimum absolute atomic E-state index is 0.0756. The number of anilines is 2. The normalized spacial score (nSPS) is 16.3. The predicted octanol–water partition coefficient (Wildman–Crippen LogP) is 3.17. The molecule has 2 amide bonds. The summed E-state index contributed by atoms with van der Waals surface area (Å²) in [6, 6.07) is 5.64. The Labute approximate surface area is 168 Å². The molecular weight excluding hydrogens is 401 g/mol. The molecule has 8 nitrogen and oxygen atoms in total. The Morgan fingerprint density at radius 2 is 1.83 bits per heavy atom. The van der Waals surface area contributed by atoms with Gasteiger partial charge in [-0.2, -0.15) is 18.3 Å². The summed E-state index contributed by atoms with van der Waals surface area (Å²) in [5, 5.41) is 6.75. The van der Waals surface area contributed by atoms with E-state index < -0.39 is 23.6 Å². The van der Waals surface area contributed by atoms with Crippen molar-refractivity contribution in [3.8, 4) is 0 Å². The second-order valence-corrected chi connectivity index (χ2v) is 6.69. The average molecular weight is 416 g/mol. The van der Waals surface area contributed by atoms with E-state index in [4.69, 9.17) is 0 Å². The molecule has 0 bridgehead atoms. The van der Waals surface area contributed by atoms with Crippen LogP contribution in [0.15, 0.2) is 48.9 Å². The molecule has 3 aromatic rings. The van der Waals surface area contributed by atoms with Gasteiger partial charge in [-0.25, -0.2) is 9.97 Å². The maximum absolute atomic E-state index is 13.1. The number of carbonyl (C=O) groups excluding carboxylic acids is 2. The summed E-state index contributed by atoms with van der Waals surface area (Å²) in [6.07, 6.45) is -0.294. The number of amides is 2. The molecule has 1 atom stereocenters. The number of hydrogen-bond donors (Lipinski definition) is 1. The number of carbonyl (C=O) groups is 2. The Morgan fingerprint density at radius 1 is 1.17 bits per heavy atom. The largest absolute Gasteiger partial charge is 0.416 e. The van der Waals surface area contributed by atoms with Crippen LogP contribution in [-0.2, 0) is 6.18 Å². The molecule has 2 aromatic heterocycles. The van der Waals surface area contributed by atoms with Gasteiger partial charge in [-0.1, -0.05) is 0 Å². The van der Waals surface area contributed by atoms with Gasteiger partial charge in [0, 0.05) is 24.6 Å². The third kappa shape index (κ3) is 3.49. The molecule has 1 aliphatic heterocycles. The number of benzene rings is 1. The minimum Gasteiger partial charge on any atom is -0.316 e. The molecule has 0 unspecified atom stereocenters. The summed E-state index contributed by atoms with van der Waals surface area (Å²) < 4.78 is 40.0. The molecule has 0 spiro atoms. The van der Waals surface area contributed by atoms with Gasteiger partial charge in [0.2, 0.25) is 5.82 Å². The van der Waals surface area contributed by atoms with Crippen LogP contribution in [0.5, 0.6) is 0 Å². The van der Waals surface area contributed by atoms with Crippen LogP contribution in [0.2, 0.25) is 0 Å². The molecule has 1 N–H and O–H groups in total. The van der Waals surface area contributed by atoms with Crippen molar-refractivity contribution in [2.75, 3.05) is 16.8 Å². The highest BCUT2D eigenvalue weighted by Gasteiger charge is 2.35. The first-order valence-electron chi connectivity index (χ1n) is 8.90. The summed E-state index contributed by atoms with van der Waals surface area (Å²) in [6.45, 7) is 2.03. The van der Waals surface area contributed by atoms with Crippen molar-refractivity contribution in [2.24, 2.45) is 0 Å². The van der Waals surface area contributed by atoms with E-state index in [9.17, 15) is 22.8 Å². The van der Waals surface area contributed by atoms with Crippen molar-refractivity contribution >= 4 is 23.2 Å². The molecule has 30 heavy (non-hydrogen) atoms. The SMILES string of the molecule is C[C@H]1CN(c2ccc(C(F)(F)F)cc2)C(=O)c2c(NC(=O)c3ncccn3)cnn21. The second kappa shape index (κ2) is 7.25. The van der Waals surface area contributed by atoms with E-state index in [-0.39, 0.29) is 29.8 Å². The quantitative estimate of drug-likeness (QED) is 0.708. The lowest BCUT2D eigenvalue weighted by Gasteiger charge is -2.32. The van der Waals surface area contributed by atoms with Crippen LogP contribution in [0.25, 0.3) is 0 Å². The van der Waals surface area contributed by atoms with Gasteiger partial charge in [0.05, 0.1) is 23.5 Å². The fourth-order valence-corrected chi connectivity index (χ4v) is 3.20. The first kappa shape index (κ1) is 19.6. The minimum atomic E-state index is -4.46. The van der Waals surface area contributed by atoms with Gasteiger partial charge in [0.1, 0.15) is 0 Å². The number of hydrogen-bond acceptors (Lipinski definition) is 5. The highest BCUT2D eigenvalue weighted by atomic mass is 19.4. The van der Waals surface area contributed by atoms with Gasteiger partial charge in [-0.3, -0.25) is 14.3 Å². The maximum Gasteiger partial charge on any atom is 0.416 e. The molecule has 0 aliphatic carbocycles. The fourth-order valence-electron chi connectivity index (χ4n) is 3.20. The molecule has 1 aliphatic rings. The topological polar surface area (TPSA) is 93.0 Å². The number of nitrogens with one attached hydrogen (secondary N) is 1. The van der Waals surface area contributed by atoms with E-state index in [1.165, 1.54) is 40.3 Å². The van der Waals surface area contributed by atoms with Crippen LogP contribution in [0, 0.1) is 0 Å². The lowest BCUT2D eigenvalue weighted by atomic mass is 10.1. The van der Waals surface area contributed by atoms with Crippen molar-refractivity contribution in [3.63, 3.8) is 0 Å². The van der Waals surface area contributed by atoms with E-state index in [0.717, 1.165) is 12.1 Å². The number of nitrogens with zero attached hydrogens (tertiary/aromatic N) is 5. The third-order valence-corrected chi connectivity index (χ3v) is 4.63. The van der Waals surface area contributed by atoms with E-state index in [1.807, 2.05) is 6.92 Å². The van der Waals surface area contributed by atoms with E-state index in [1.54, 1.807) is 6.07 Å². The number of fused-ring (bicyclic) bond motifs is 1. The summed E-state index contributed by atoms with van der Waals surface area (Å²) in [7, 11) is 0. The van der Waals surface area contributed by atoms with Crippen LogP contribution in [0.3, 0.4) is 0 Å². The number of aromatic nitrogens is 4. The molecule has 0 saturated heterocycles. The zero-order chi connectivity index (χ0) is 21.5. The molecule has 154 valence electrons. The number of alkyl halides is 3. The number of rotatable bonds is 3. The van der Waals surface area contributed by atoms with Crippen LogP contribution in [0.4, 0.5) is 24.5 Å². The monoisotopic (exact) mass is 416 g/mol. The van der Waals surface area contributed by atoms with Crippen molar-refractivity contribution in [1.29, 1.82) is 0 Å². The molecule has 0 fully saturated rings. The van der Waals surface area contributed by atoms with Crippen molar-refractivity contribution in [2.45, 2.75) is 19.1 Å². The smallest absolute Gasteiger partial charge is 0.316 e. The zero-order valence-corrected chi connectivity index (χ0v) is 15.6. The van der Waals surface area contributed by atoms with Gasteiger partial charge < -0.3 is 10.2 Å². The van der Waals surface area contributed by atoms with E-state index >= 15 is 0 Å². The Kier molecular flexibility index (Phi) is 4.72. The highest BCUT2D eigenvalue weighted by molar-refractivity contribution is 6.12. The molecule has 0 saturated carbocycles. The zero-order valence-electron chi connectivity index (χ0n) is 15.6. The molecule has 0 radical (unpaired) electrons. The lowest BCUT2D eigenvalue weighted by molar-refractivity contribution is -0.137. The van der Waals surface area contributed by atoms with Crippen LogP contribution < -0.4 is 10.2 Å². The summed E-state index contributed by atoms with van der Waals surface area (Å²) >= 11 is 0. The summed E-state index contributed by atoms with van der Waals surface area (Å²) in [5.41, 5.74) is -0.195. The second-order valence-electron chi connectivity index (χ2n) is 6.69. The summed E-state index contributed by atoms with van der Waals surface area (Å²) in [4.78, 5) is 34.5. The Bertz CT molecular complexity index is 1100.